The maximum Gasteiger partial charge on any atom is 0.258 e. The molecule has 5 nitrogen and oxygen atoms in total. The highest BCUT2D eigenvalue weighted by molar-refractivity contribution is 5.77. The molecule has 0 saturated carbocycles. The summed E-state index contributed by atoms with van der Waals surface area (Å²) in [6.07, 6.45) is 6.15. The molecule has 118 valence electrons. The quantitative estimate of drug-likeness (QED) is 0.803. The van der Waals surface area contributed by atoms with Gasteiger partial charge in [0.15, 0.2) is 5.82 Å². The number of nitrogens with zero attached hydrogens (tertiary/aromatic N) is 2. The van der Waals surface area contributed by atoms with Gasteiger partial charge in [0.1, 0.15) is 0 Å². The smallest absolute Gasteiger partial charge is 0.258 e. The normalized spacial score (nSPS) is 18.3. The van der Waals surface area contributed by atoms with Crippen molar-refractivity contribution in [2.75, 3.05) is 25.5 Å². The minimum atomic E-state index is 0.595. The van der Waals surface area contributed by atoms with Crippen LogP contribution in [0.25, 0.3) is 11.0 Å². The van der Waals surface area contributed by atoms with E-state index in [2.05, 4.69) is 20.6 Å². The van der Waals surface area contributed by atoms with E-state index in [1.807, 2.05) is 31.3 Å². The van der Waals surface area contributed by atoms with E-state index in [1.165, 1.54) is 19.3 Å². The van der Waals surface area contributed by atoms with Crippen LogP contribution in [0.3, 0.4) is 0 Å². The van der Waals surface area contributed by atoms with Gasteiger partial charge < -0.3 is 15.4 Å². The number of fused-ring (bicyclic) bond motifs is 1. The molecule has 22 heavy (non-hydrogen) atoms. The summed E-state index contributed by atoms with van der Waals surface area (Å²) in [4.78, 5) is 9.12. The standard InChI is InChI=1S/C17H24N4O/c1-18-16-17(21-15-10-3-2-9-14(15)20-16)22-12-6-8-13-7-4-5-11-19-13/h2-3,9-10,13,19H,4-8,11-12H2,1H3,(H,18,20)/t13-/m0/s1. The van der Waals surface area contributed by atoms with Crippen molar-refractivity contribution in [3.63, 3.8) is 0 Å². The Balaban J connectivity index is 1.58. The van der Waals surface area contributed by atoms with Gasteiger partial charge >= 0.3 is 0 Å². The van der Waals surface area contributed by atoms with Crippen molar-refractivity contribution >= 4 is 16.9 Å². The largest absolute Gasteiger partial charge is 0.475 e. The second-order valence-corrected chi connectivity index (χ2v) is 5.75. The number of benzene rings is 1. The van der Waals surface area contributed by atoms with Crippen LogP contribution in [0.2, 0.25) is 0 Å². The summed E-state index contributed by atoms with van der Waals surface area (Å²) < 4.78 is 5.86. The molecule has 1 aliphatic rings. The number of para-hydroxylation sites is 2. The molecule has 1 atom stereocenters. The number of piperidine rings is 1. The highest BCUT2D eigenvalue weighted by atomic mass is 16.5. The van der Waals surface area contributed by atoms with Gasteiger partial charge in [-0.1, -0.05) is 18.6 Å². The van der Waals surface area contributed by atoms with Gasteiger partial charge in [-0.05, 0) is 44.4 Å². The highest BCUT2D eigenvalue weighted by Gasteiger charge is 2.13. The Hall–Kier alpha value is -1.88. The molecule has 0 aliphatic carbocycles. The third-order valence-electron chi connectivity index (χ3n) is 4.12. The number of rotatable bonds is 6. The Morgan fingerprint density at radius 2 is 2.05 bits per heavy atom. The van der Waals surface area contributed by atoms with Gasteiger partial charge in [-0.15, -0.1) is 0 Å². The van der Waals surface area contributed by atoms with Crippen molar-refractivity contribution in [2.24, 2.45) is 0 Å². The molecule has 0 bridgehead atoms. The van der Waals surface area contributed by atoms with Gasteiger partial charge in [0.05, 0.1) is 17.6 Å². The summed E-state index contributed by atoms with van der Waals surface area (Å²) in [5.74, 6) is 1.30. The summed E-state index contributed by atoms with van der Waals surface area (Å²) in [6, 6.07) is 8.51. The second kappa shape index (κ2) is 7.40. The first-order chi connectivity index (χ1) is 10.9. The van der Waals surface area contributed by atoms with Crippen LogP contribution in [0.1, 0.15) is 32.1 Å². The Morgan fingerprint density at radius 1 is 1.23 bits per heavy atom. The average Bonchev–Trinajstić information content (AvgIpc) is 2.59. The van der Waals surface area contributed by atoms with Crippen LogP contribution in [0, 0.1) is 0 Å². The van der Waals surface area contributed by atoms with E-state index in [0.717, 1.165) is 30.4 Å². The maximum absolute atomic E-state index is 5.86. The summed E-state index contributed by atoms with van der Waals surface area (Å²) in [6.45, 7) is 1.84. The molecule has 1 aromatic heterocycles. The Labute approximate surface area is 131 Å². The topological polar surface area (TPSA) is 59.1 Å². The van der Waals surface area contributed by atoms with Gasteiger partial charge in [-0.2, -0.15) is 0 Å². The highest BCUT2D eigenvalue weighted by Crippen LogP contribution is 2.23. The predicted molar refractivity (Wildman–Crippen MR) is 89.5 cm³/mol. The fourth-order valence-corrected chi connectivity index (χ4v) is 2.92. The van der Waals surface area contributed by atoms with Crippen molar-refractivity contribution in [2.45, 2.75) is 38.1 Å². The molecule has 5 heteroatoms. The third-order valence-corrected chi connectivity index (χ3v) is 4.12. The summed E-state index contributed by atoms with van der Waals surface area (Å²) in [7, 11) is 1.84. The van der Waals surface area contributed by atoms with E-state index in [0.29, 0.717) is 24.3 Å². The van der Waals surface area contributed by atoms with Crippen molar-refractivity contribution < 1.29 is 4.74 Å². The first-order valence-corrected chi connectivity index (χ1v) is 8.17. The molecule has 3 rings (SSSR count). The zero-order valence-corrected chi connectivity index (χ0v) is 13.1. The lowest BCUT2D eigenvalue weighted by Crippen LogP contribution is -2.34. The first-order valence-electron chi connectivity index (χ1n) is 8.17. The van der Waals surface area contributed by atoms with E-state index >= 15 is 0 Å². The van der Waals surface area contributed by atoms with E-state index < -0.39 is 0 Å². The van der Waals surface area contributed by atoms with Crippen LogP contribution in [0.15, 0.2) is 24.3 Å². The van der Waals surface area contributed by atoms with Crippen LogP contribution in [0.5, 0.6) is 5.88 Å². The monoisotopic (exact) mass is 300 g/mol. The van der Waals surface area contributed by atoms with Gasteiger partial charge in [0.25, 0.3) is 5.88 Å². The van der Waals surface area contributed by atoms with Gasteiger partial charge in [0, 0.05) is 13.1 Å². The molecular formula is C17H24N4O. The van der Waals surface area contributed by atoms with E-state index in [4.69, 9.17) is 4.74 Å². The predicted octanol–water partition coefficient (Wildman–Crippen LogP) is 2.97. The minimum absolute atomic E-state index is 0.595. The molecule has 1 saturated heterocycles. The Kier molecular flexibility index (Phi) is 5.06. The molecule has 2 aromatic rings. The first kappa shape index (κ1) is 15.0. The van der Waals surface area contributed by atoms with Crippen LogP contribution >= 0.6 is 0 Å². The zero-order valence-electron chi connectivity index (χ0n) is 13.1. The molecule has 0 unspecified atom stereocenters. The van der Waals surface area contributed by atoms with Crippen LogP contribution in [0.4, 0.5) is 5.82 Å². The molecule has 0 radical (unpaired) electrons. The lowest BCUT2D eigenvalue weighted by atomic mass is 10.0. The van der Waals surface area contributed by atoms with Crippen molar-refractivity contribution in [3.8, 4) is 5.88 Å². The lowest BCUT2D eigenvalue weighted by Gasteiger charge is -2.23. The fraction of sp³-hybridized carbons (Fsp3) is 0.529. The molecule has 2 heterocycles. The number of aromatic nitrogens is 2. The van der Waals surface area contributed by atoms with Crippen molar-refractivity contribution in [1.29, 1.82) is 0 Å². The fourth-order valence-electron chi connectivity index (χ4n) is 2.92. The lowest BCUT2D eigenvalue weighted by molar-refractivity contribution is 0.278. The summed E-state index contributed by atoms with van der Waals surface area (Å²) >= 11 is 0. The molecule has 1 fully saturated rings. The number of hydrogen-bond acceptors (Lipinski definition) is 5. The second-order valence-electron chi connectivity index (χ2n) is 5.75. The molecule has 0 amide bonds. The number of anilines is 1. The number of nitrogens with one attached hydrogen (secondary N) is 2. The van der Waals surface area contributed by atoms with Crippen LogP contribution < -0.4 is 15.4 Å². The average molecular weight is 300 g/mol. The zero-order chi connectivity index (χ0) is 15.2. The van der Waals surface area contributed by atoms with Crippen LogP contribution in [-0.2, 0) is 0 Å². The summed E-state index contributed by atoms with van der Waals surface area (Å²) in [5.41, 5.74) is 1.75. The molecule has 2 N–H and O–H groups in total. The van der Waals surface area contributed by atoms with Gasteiger partial charge in [0.2, 0.25) is 0 Å². The van der Waals surface area contributed by atoms with E-state index in [1.54, 1.807) is 0 Å². The number of ether oxygens (including phenoxy) is 1. The summed E-state index contributed by atoms with van der Waals surface area (Å²) in [5, 5.41) is 6.64. The van der Waals surface area contributed by atoms with Crippen molar-refractivity contribution in [1.82, 2.24) is 15.3 Å². The Bertz CT molecular complexity index is 611. The third kappa shape index (κ3) is 3.65. The van der Waals surface area contributed by atoms with Gasteiger partial charge in [-0.25, -0.2) is 9.97 Å². The van der Waals surface area contributed by atoms with E-state index in [9.17, 15) is 0 Å². The minimum Gasteiger partial charge on any atom is -0.475 e. The molecular weight excluding hydrogens is 276 g/mol. The molecule has 1 aliphatic heterocycles. The number of hydrogen-bond donors (Lipinski definition) is 2. The molecule has 1 aromatic carbocycles. The maximum atomic E-state index is 5.86. The molecule has 0 spiro atoms. The SMILES string of the molecule is CNc1nc2ccccc2nc1OCCC[C@@H]1CCCCN1. The Morgan fingerprint density at radius 3 is 2.77 bits per heavy atom. The van der Waals surface area contributed by atoms with Gasteiger partial charge in [-0.3, -0.25) is 0 Å². The van der Waals surface area contributed by atoms with Crippen molar-refractivity contribution in [3.05, 3.63) is 24.3 Å². The van der Waals surface area contributed by atoms with E-state index in [-0.39, 0.29) is 0 Å². The van der Waals surface area contributed by atoms with Crippen LogP contribution in [-0.4, -0.2) is 36.2 Å².